The van der Waals surface area contributed by atoms with Gasteiger partial charge in [0.25, 0.3) is 0 Å². The van der Waals surface area contributed by atoms with E-state index in [0.717, 1.165) is 0 Å². The predicted octanol–water partition coefficient (Wildman–Crippen LogP) is 1.88. The van der Waals surface area contributed by atoms with E-state index in [0.29, 0.717) is 10.6 Å². The standard InChI is InChI=1S/C8H6ClNO2/c9-8-3-7(12)2-1-6(8)4-10-5-11/h1-3,12H,4H2. The number of benzene rings is 1. The lowest BCUT2D eigenvalue weighted by Crippen LogP contribution is -1.81. The first-order valence-corrected chi connectivity index (χ1v) is 3.63. The van der Waals surface area contributed by atoms with E-state index in [9.17, 15) is 4.79 Å². The van der Waals surface area contributed by atoms with Gasteiger partial charge in [0.05, 0.1) is 6.54 Å². The second kappa shape index (κ2) is 3.90. The van der Waals surface area contributed by atoms with Gasteiger partial charge >= 0.3 is 0 Å². The molecule has 0 heterocycles. The number of aromatic hydroxyl groups is 1. The highest BCUT2D eigenvalue weighted by molar-refractivity contribution is 6.31. The van der Waals surface area contributed by atoms with Crippen molar-refractivity contribution in [2.75, 3.05) is 0 Å². The molecule has 0 spiro atoms. The summed E-state index contributed by atoms with van der Waals surface area (Å²) in [6.07, 6.45) is 1.41. The number of aliphatic imine (C=N–C) groups is 1. The average Bonchev–Trinajstić information content (AvgIpc) is 2.03. The SMILES string of the molecule is O=C=NCc1ccc(O)cc1Cl. The number of isocyanates is 1. The molecule has 0 aliphatic heterocycles. The van der Waals surface area contributed by atoms with E-state index in [1.54, 1.807) is 6.07 Å². The molecule has 0 atom stereocenters. The predicted molar refractivity (Wildman–Crippen MR) is 44.9 cm³/mol. The quantitative estimate of drug-likeness (QED) is 0.562. The average molecular weight is 184 g/mol. The summed E-state index contributed by atoms with van der Waals surface area (Å²) in [5.41, 5.74) is 0.692. The van der Waals surface area contributed by atoms with E-state index in [2.05, 4.69) is 4.99 Å². The third kappa shape index (κ3) is 2.09. The molecule has 62 valence electrons. The third-order valence-corrected chi connectivity index (χ3v) is 1.70. The molecule has 12 heavy (non-hydrogen) atoms. The Balaban J connectivity index is 2.93. The molecule has 0 saturated carbocycles. The second-order valence-electron chi connectivity index (χ2n) is 2.18. The van der Waals surface area contributed by atoms with Gasteiger partial charge in [-0.15, -0.1) is 0 Å². The molecule has 0 aromatic heterocycles. The molecular formula is C8H6ClNO2. The second-order valence-corrected chi connectivity index (χ2v) is 2.59. The van der Waals surface area contributed by atoms with E-state index >= 15 is 0 Å². The van der Waals surface area contributed by atoms with E-state index < -0.39 is 0 Å². The number of phenols is 1. The summed E-state index contributed by atoms with van der Waals surface area (Å²) >= 11 is 5.72. The molecule has 1 aromatic carbocycles. The molecule has 0 amide bonds. The van der Waals surface area contributed by atoms with Gasteiger partial charge in [-0.05, 0) is 17.7 Å². The Bertz CT molecular complexity index is 332. The first-order valence-electron chi connectivity index (χ1n) is 3.25. The molecule has 0 radical (unpaired) electrons. The van der Waals surface area contributed by atoms with Gasteiger partial charge in [-0.1, -0.05) is 17.7 Å². The highest BCUT2D eigenvalue weighted by atomic mass is 35.5. The minimum absolute atomic E-state index is 0.0961. The smallest absolute Gasteiger partial charge is 0.235 e. The number of carbonyl (C=O) groups excluding carboxylic acids is 1. The Kier molecular flexibility index (Phi) is 2.86. The Labute approximate surface area is 74.3 Å². The zero-order valence-corrected chi connectivity index (χ0v) is 6.88. The van der Waals surface area contributed by atoms with Crippen LogP contribution in [0.25, 0.3) is 0 Å². The van der Waals surface area contributed by atoms with Crippen molar-refractivity contribution in [3.05, 3.63) is 28.8 Å². The number of hydrogen-bond donors (Lipinski definition) is 1. The topological polar surface area (TPSA) is 49.7 Å². The van der Waals surface area contributed by atoms with Gasteiger partial charge in [0.1, 0.15) is 5.75 Å². The molecule has 0 aliphatic rings. The summed E-state index contributed by atoms with van der Waals surface area (Å²) < 4.78 is 0. The van der Waals surface area contributed by atoms with Gasteiger partial charge in [-0.25, -0.2) is 9.79 Å². The first-order chi connectivity index (χ1) is 5.74. The van der Waals surface area contributed by atoms with Crippen molar-refractivity contribution in [2.24, 2.45) is 4.99 Å². The van der Waals surface area contributed by atoms with Crippen molar-refractivity contribution < 1.29 is 9.90 Å². The Hall–Kier alpha value is -1.31. The number of rotatable bonds is 2. The van der Waals surface area contributed by atoms with Gasteiger partial charge in [-0.2, -0.15) is 0 Å². The monoisotopic (exact) mass is 183 g/mol. The van der Waals surface area contributed by atoms with Crippen LogP contribution >= 0.6 is 11.6 Å². The molecule has 0 unspecified atom stereocenters. The van der Waals surface area contributed by atoms with Gasteiger partial charge < -0.3 is 5.11 Å². The summed E-state index contributed by atoms with van der Waals surface area (Å²) in [6, 6.07) is 4.50. The van der Waals surface area contributed by atoms with Crippen LogP contribution in [0.15, 0.2) is 23.2 Å². The summed E-state index contributed by atoms with van der Waals surface area (Å²) in [6.45, 7) is 0.197. The van der Waals surface area contributed by atoms with Crippen LogP contribution < -0.4 is 0 Å². The highest BCUT2D eigenvalue weighted by Gasteiger charge is 1.99. The zero-order chi connectivity index (χ0) is 8.97. The molecule has 3 nitrogen and oxygen atoms in total. The fourth-order valence-electron chi connectivity index (χ4n) is 0.782. The van der Waals surface area contributed by atoms with E-state index in [1.165, 1.54) is 18.2 Å². The minimum atomic E-state index is 0.0961. The van der Waals surface area contributed by atoms with Gasteiger partial charge in [0.2, 0.25) is 6.08 Å². The summed E-state index contributed by atoms with van der Waals surface area (Å²) in [4.78, 5) is 13.1. The Morgan fingerprint density at radius 2 is 2.33 bits per heavy atom. The lowest BCUT2D eigenvalue weighted by Gasteiger charge is -1.98. The molecule has 0 saturated heterocycles. The molecular weight excluding hydrogens is 178 g/mol. The number of hydrogen-bond acceptors (Lipinski definition) is 3. The largest absolute Gasteiger partial charge is 0.508 e. The normalized spacial score (nSPS) is 9.08. The summed E-state index contributed by atoms with van der Waals surface area (Å²) in [7, 11) is 0. The fourth-order valence-corrected chi connectivity index (χ4v) is 1.02. The van der Waals surface area contributed by atoms with Crippen LogP contribution in [0.2, 0.25) is 5.02 Å². The lowest BCUT2D eigenvalue weighted by molar-refractivity contribution is 0.475. The Morgan fingerprint density at radius 1 is 1.58 bits per heavy atom. The molecule has 4 heteroatoms. The van der Waals surface area contributed by atoms with Crippen LogP contribution in [0.5, 0.6) is 5.75 Å². The fraction of sp³-hybridized carbons (Fsp3) is 0.125. The first kappa shape index (κ1) is 8.78. The molecule has 0 aliphatic carbocycles. The summed E-state index contributed by atoms with van der Waals surface area (Å²) in [5, 5.41) is 9.37. The lowest BCUT2D eigenvalue weighted by atomic mass is 10.2. The van der Waals surface area contributed by atoms with Crippen LogP contribution in [-0.4, -0.2) is 11.2 Å². The van der Waals surface area contributed by atoms with Crippen molar-refractivity contribution in [3.63, 3.8) is 0 Å². The van der Waals surface area contributed by atoms with Gasteiger partial charge in [-0.3, -0.25) is 0 Å². The number of phenolic OH excluding ortho intramolecular Hbond substituents is 1. The van der Waals surface area contributed by atoms with Gasteiger partial charge in [0, 0.05) is 5.02 Å². The van der Waals surface area contributed by atoms with Crippen LogP contribution in [-0.2, 0) is 11.3 Å². The maximum absolute atomic E-state index is 9.77. The molecule has 0 fully saturated rings. The van der Waals surface area contributed by atoms with Crippen molar-refractivity contribution in [1.82, 2.24) is 0 Å². The van der Waals surface area contributed by atoms with Crippen molar-refractivity contribution in [3.8, 4) is 5.75 Å². The van der Waals surface area contributed by atoms with Gasteiger partial charge in [0.15, 0.2) is 0 Å². The van der Waals surface area contributed by atoms with Crippen LogP contribution in [0, 0.1) is 0 Å². The van der Waals surface area contributed by atoms with E-state index in [1.807, 2.05) is 0 Å². The number of nitrogens with zero attached hydrogens (tertiary/aromatic N) is 1. The third-order valence-electron chi connectivity index (χ3n) is 1.35. The van der Waals surface area contributed by atoms with Crippen LogP contribution in [0.3, 0.4) is 0 Å². The van der Waals surface area contributed by atoms with Crippen LogP contribution in [0.1, 0.15) is 5.56 Å². The van der Waals surface area contributed by atoms with Crippen molar-refractivity contribution in [2.45, 2.75) is 6.54 Å². The van der Waals surface area contributed by atoms with Crippen molar-refractivity contribution in [1.29, 1.82) is 0 Å². The maximum Gasteiger partial charge on any atom is 0.235 e. The van der Waals surface area contributed by atoms with E-state index in [-0.39, 0.29) is 12.3 Å². The minimum Gasteiger partial charge on any atom is -0.508 e. The van der Waals surface area contributed by atoms with Crippen molar-refractivity contribution >= 4 is 17.7 Å². The zero-order valence-electron chi connectivity index (χ0n) is 6.12. The van der Waals surface area contributed by atoms with Crippen LogP contribution in [0.4, 0.5) is 0 Å². The maximum atomic E-state index is 9.77. The van der Waals surface area contributed by atoms with E-state index in [4.69, 9.17) is 16.7 Å². The number of halogens is 1. The molecule has 1 rings (SSSR count). The summed E-state index contributed by atoms with van der Waals surface area (Å²) in [5.74, 6) is 0.0961. The highest BCUT2D eigenvalue weighted by Crippen LogP contribution is 2.21. The molecule has 1 aromatic rings. The molecule has 0 bridgehead atoms. The Morgan fingerprint density at radius 3 is 2.92 bits per heavy atom. The molecule has 1 N–H and O–H groups in total.